The number of nitrogens with zero attached hydrogens (tertiary/aromatic N) is 4. The van der Waals surface area contributed by atoms with E-state index in [-0.39, 0.29) is 6.10 Å². The Labute approximate surface area is 150 Å². The molecule has 2 fully saturated rings. The van der Waals surface area contributed by atoms with Crippen LogP contribution in [-0.2, 0) is 11.3 Å². The summed E-state index contributed by atoms with van der Waals surface area (Å²) >= 11 is 0. The third-order valence-corrected chi connectivity index (χ3v) is 5.53. The summed E-state index contributed by atoms with van der Waals surface area (Å²) in [6.07, 6.45) is 8.02. The number of rotatable bonds is 5. The first-order valence-corrected chi connectivity index (χ1v) is 9.55. The fraction of sp³-hybridized carbons (Fsp3) is 0.833. The predicted octanol–water partition coefficient (Wildman–Crippen LogP) is 2.90. The van der Waals surface area contributed by atoms with E-state index in [0.717, 1.165) is 19.0 Å². The fourth-order valence-corrected chi connectivity index (χ4v) is 4.14. The highest BCUT2D eigenvalue weighted by Crippen LogP contribution is 2.43. The number of aromatic nitrogens is 2. The average Bonchev–Trinajstić information content (AvgIpc) is 3.25. The number of nitrogens with one attached hydrogen (secondary N) is 1. The molecule has 1 aromatic heterocycles. The van der Waals surface area contributed by atoms with Crippen molar-refractivity contribution in [2.24, 2.45) is 10.4 Å². The highest BCUT2D eigenvalue weighted by Gasteiger charge is 2.39. The van der Waals surface area contributed by atoms with Gasteiger partial charge in [0.05, 0.1) is 6.54 Å². The minimum atomic E-state index is -0.147. The number of guanidine groups is 1. The van der Waals surface area contributed by atoms with E-state index in [9.17, 15) is 0 Å². The molecule has 0 amide bonds. The second-order valence-corrected chi connectivity index (χ2v) is 7.28. The standard InChI is InChI=1S/C18H31N5O2/c1-4-24-14(2)16-21-15(25-22-16)12-20-17(19-3)23-11-10-18(13-23)8-6-5-7-9-18/h14H,4-13H2,1-3H3,(H,19,20). The summed E-state index contributed by atoms with van der Waals surface area (Å²) < 4.78 is 10.8. The van der Waals surface area contributed by atoms with Crippen molar-refractivity contribution in [1.82, 2.24) is 20.4 Å². The molecule has 0 aromatic carbocycles. The fourth-order valence-electron chi connectivity index (χ4n) is 4.14. The van der Waals surface area contributed by atoms with E-state index in [2.05, 4.69) is 25.3 Å². The lowest BCUT2D eigenvalue weighted by Crippen LogP contribution is -2.41. The van der Waals surface area contributed by atoms with Crippen LogP contribution >= 0.6 is 0 Å². The van der Waals surface area contributed by atoms with Crippen molar-refractivity contribution in [3.63, 3.8) is 0 Å². The van der Waals surface area contributed by atoms with Gasteiger partial charge in [-0.15, -0.1) is 0 Å². The van der Waals surface area contributed by atoms with Crippen LogP contribution in [0.15, 0.2) is 9.52 Å². The number of likely N-dealkylation sites (tertiary alicyclic amines) is 1. The van der Waals surface area contributed by atoms with Crippen LogP contribution in [0.3, 0.4) is 0 Å². The molecular weight excluding hydrogens is 318 g/mol. The van der Waals surface area contributed by atoms with Gasteiger partial charge in [-0.25, -0.2) is 0 Å². The summed E-state index contributed by atoms with van der Waals surface area (Å²) in [6.45, 7) is 7.20. The van der Waals surface area contributed by atoms with Crippen molar-refractivity contribution in [3.8, 4) is 0 Å². The zero-order chi connectivity index (χ0) is 17.7. The zero-order valence-corrected chi connectivity index (χ0v) is 15.8. The Morgan fingerprint density at radius 1 is 1.36 bits per heavy atom. The Kier molecular flexibility index (Phi) is 5.93. The van der Waals surface area contributed by atoms with E-state index < -0.39 is 0 Å². The summed E-state index contributed by atoms with van der Waals surface area (Å²) in [4.78, 5) is 11.2. The first-order valence-electron chi connectivity index (χ1n) is 9.55. The number of aliphatic imine (C=N–C) groups is 1. The SMILES string of the molecule is CCOC(C)c1noc(CNC(=NC)N2CCC3(CCCCC3)C2)n1. The minimum Gasteiger partial charge on any atom is -0.371 e. The molecule has 1 aliphatic heterocycles. The van der Waals surface area contributed by atoms with Crippen molar-refractivity contribution in [2.45, 2.75) is 65.0 Å². The molecule has 0 radical (unpaired) electrons. The lowest BCUT2D eigenvalue weighted by atomic mass is 9.73. The van der Waals surface area contributed by atoms with Crippen LogP contribution < -0.4 is 5.32 Å². The van der Waals surface area contributed by atoms with Crippen LogP contribution in [0.25, 0.3) is 0 Å². The van der Waals surface area contributed by atoms with Crippen molar-refractivity contribution in [1.29, 1.82) is 0 Å². The van der Waals surface area contributed by atoms with Crippen LogP contribution in [0.5, 0.6) is 0 Å². The average molecular weight is 349 g/mol. The Hall–Kier alpha value is -1.63. The molecule has 1 atom stereocenters. The van der Waals surface area contributed by atoms with Gasteiger partial charge >= 0.3 is 0 Å². The maximum absolute atomic E-state index is 5.50. The third-order valence-electron chi connectivity index (χ3n) is 5.53. The molecule has 1 aliphatic carbocycles. The molecule has 1 saturated carbocycles. The van der Waals surface area contributed by atoms with Crippen LogP contribution in [0, 0.1) is 5.41 Å². The Bertz CT molecular complexity index is 580. The Balaban J connectivity index is 1.53. The molecule has 1 aromatic rings. The predicted molar refractivity (Wildman–Crippen MR) is 96.2 cm³/mol. The van der Waals surface area contributed by atoms with E-state index in [1.54, 1.807) is 0 Å². The summed E-state index contributed by atoms with van der Waals surface area (Å²) in [6, 6.07) is 0. The van der Waals surface area contributed by atoms with Crippen molar-refractivity contribution in [3.05, 3.63) is 11.7 Å². The van der Waals surface area contributed by atoms with Crippen LogP contribution in [-0.4, -0.2) is 47.7 Å². The van der Waals surface area contributed by atoms with Gasteiger partial charge in [-0.2, -0.15) is 4.98 Å². The molecule has 7 nitrogen and oxygen atoms in total. The third kappa shape index (κ3) is 4.32. The quantitative estimate of drug-likeness (QED) is 0.651. The Morgan fingerprint density at radius 2 is 2.16 bits per heavy atom. The van der Waals surface area contributed by atoms with Gasteiger partial charge in [0.2, 0.25) is 5.89 Å². The lowest BCUT2D eigenvalue weighted by Gasteiger charge is -2.33. The van der Waals surface area contributed by atoms with E-state index in [0.29, 0.717) is 30.3 Å². The molecule has 1 saturated heterocycles. The molecule has 140 valence electrons. The molecule has 2 heterocycles. The number of ether oxygens (including phenoxy) is 1. The van der Waals surface area contributed by atoms with Gasteiger partial charge in [-0.1, -0.05) is 24.4 Å². The second-order valence-electron chi connectivity index (χ2n) is 7.28. The van der Waals surface area contributed by atoms with Crippen LogP contribution in [0.1, 0.15) is 70.2 Å². The van der Waals surface area contributed by atoms with E-state index in [4.69, 9.17) is 9.26 Å². The normalized spacial score (nSPS) is 21.7. The van der Waals surface area contributed by atoms with E-state index in [1.165, 1.54) is 38.5 Å². The van der Waals surface area contributed by atoms with Gasteiger partial charge in [0.1, 0.15) is 6.10 Å². The maximum atomic E-state index is 5.50. The highest BCUT2D eigenvalue weighted by atomic mass is 16.5. The summed E-state index contributed by atoms with van der Waals surface area (Å²) in [5, 5.41) is 7.37. The smallest absolute Gasteiger partial charge is 0.246 e. The largest absolute Gasteiger partial charge is 0.371 e. The number of hydrogen-bond donors (Lipinski definition) is 1. The molecule has 1 spiro atoms. The van der Waals surface area contributed by atoms with Crippen LogP contribution in [0.4, 0.5) is 0 Å². The van der Waals surface area contributed by atoms with Gasteiger partial charge < -0.3 is 19.5 Å². The van der Waals surface area contributed by atoms with Gasteiger partial charge in [-0.3, -0.25) is 4.99 Å². The van der Waals surface area contributed by atoms with E-state index in [1.807, 2.05) is 20.9 Å². The Morgan fingerprint density at radius 3 is 2.88 bits per heavy atom. The van der Waals surface area contributed by atoms with Crippen molar-refractivity contribution < 1.29 is 9.26 Å². The lowest BCUT2D eigenvalue weighted by molar-refractivity contribution is 0.0683. The zero-order valence-electron chi connectivity index (χ0n) is 15.8. The molecule has 25 heavy (non-hydrogen) atoms. The van der Waals surface area contributed by atoms with E-state index >= 15 is 0 Å². The van der Waals surface area contributed by atoms with Crippen molar-refractivity contribution >= 4 is 5.96 Å². The van der Waals surface area contributed by atoms with Gasteiger partial charge in [0.25, 0.3) is 0 Å². The van der Waals surface area contributed by atoms with Crippen molar-refractivity contribution in [2.75, 3.05) is 26.7 Å². The molecule has 2 aliphatic rings. The summed E-state index contributed by atoms with van der Waals surface area (Å²) in [7, 11) is 1.84. The number of hydrogen-bond acceptors (Lipinski definition) is 5. The van der Waals surface area contributed by atoms with Crippen LogP contribution in [0.2, 0.25) is 0 Å². The van der Waals surface area contributed by atoms with Gasteiger partial charge in [-0.05, 0) is 38.5 Å². The summed E-state index contributed by atoms with van der Waals surface area (Å²) in [5.74, 6) is 2.09. The monoisotopic (exact) mass is 349 g/mol. The first kappa shape index (κ1) is 18.2. The highest BCUT2D eigenvalue weighted by molar-refractivity contribution is 5.80. The second kappa shape index (κ2) is 8.17. The van der Waals surface area contributed by atoms with Gasteiger partial charge in [0, 0.05) is 26.7 Å². The summed E-state index contributed by atoms with van der Waals surface area (Å²) in [5.41, 5.74) is 0.514. The minimum absolute atomic E-state index is 0.147. The molecule has 0 bridgehead atoms. The first-order chi connectivity index (χ1) is 12.2. The molecule has 3 rings (SSSR count). The van der Waals surface area contributed by atoms with Gasteiger partial charge in [0.15, 0.2) is 11.8 Å². The molecular formula is C18H31N5O2. The maximum Gasteiger partial charge on any atom is 0.246 e. The molecule has 7 heteroatoms. The topological polar surface area (TPSA) is 75.8 Å². The molecule has 1 N–H and O–H groups in total. The molecule has 1 unspecified atom stereocenters.